The number of nitrogens with zero attached hydrogens (tertiary/aromatic N) is 1. The minimum absolute atomic E-state index is 0.0913. The number of carbonyl (C=O) groups is 1. The Morgan fingerprint density at radius 1 is 1.08 bits per heavy atom. The number of benzene rings is 2. The first-order valence-corrected chi connectivity index (χ1v) is 9.72. The monoisotopic (exact) mass is 373 g/mol. The molecule has 1 aromatic heterocycles. The quantitative estimate of drug-likeness (QED) is 0.657. The number of nitrogens with one attached hydrogen (secondary N) is 2. The van der Waals surface area contributed by atoms with E-state index in [0.717, 1.165) is 10.9 Å². The zero-order valence-electron chi connectivity index (χ0n) is 14.2. The third-order valence-electron chi connectivity index (χ3n) is 4.03. The third-order valence-corrected chi connectivity index (χ3v) is 5.34. The number of aromatic nitrogens is 1. The molecule has 0 aliphatic heterocycles. The smallest absolute Gasteiger partial charge is 0.226 e. The molecular formula is C18H19N3O4S. The van der Waals surface area contributed by atoms with E-state index < -0.39 is 10.0 Å². The van der Waals surface area contributed by atoms with E-state index in [1.165, 1.54) is 7.05 Å². The number of rotatable bonds is 7. The molecule has 0 aliphatic carbocycles. The maximum atomic E-state index is 12.3. The molecule has 3 rings (SSSR count). The Labute approximate surface area is 151 Å². The second kappa shape index (κ2) is 7.67. The Bertz CT molecular complexity index is 1030. The first-order valence-electron chi connectivity index (χ1n) is 8.06. The van der Waals surface area contributed by atoms with Crippen molar-refractivity contribution in [3.8, 4) is 0 Å². The molecule has 8 heteroatoms. The van der Waals surface area contributed by atoms with Gasteiger partial charge in [0.15, 0.2) is 5.58 Å². The van der Waals surface area contributed by atoms with Gasteiger partial charge in [0, 0.05) is 11.9 Å². The van der Waals surface area contributed by atoms with Crippen molar-refractivity contribution < 1.29 is 17.7 Å². The molecule has 1 amide bonds. The third kappa shape index (κ3) is 4.27. The molecule has 0 aliphatic rings. The fraction of sp³-hybridized carbons (Fsp3) is 0.222. The number of carbonyl (C=O) groups excluding carboxylic acids is 1. The molecule has 26 heavy (non-hydrogen) atoms. The predicted octanol–water partition coefficient (Wildman–Crippen LogP) is 1.74. The lowest BCUT2D eigenvalue weighted by Gasteiger charge is -2.10. The zero-order valence-corrected chi connectivity index (χ0v) is 15.0. The van der Waals surface area contributed by atoms with Gasteiger partial charge < -0.3 is 9.84 Å². The Balaban J connectivity index is 1.67. The first-order chi connectivity index (χ1) is 12.5. The average molecular weight is 373 g/mol. The van der Waals surface area contributed by atoms with Crippen LogP contribution in [0.5, 0.6) is 0 Å². The molecule has 0 unspecified atom stereocenters. The summed E-state index contributed by atoms with van der Waals surface area (Å²) in [6.45, 7) is 0.240. The first kappa shape index (κ1) is 18.1. The van der Waals surface area contributed by atoms with E-state index in [2.05, 4.69) is 15.2 Å². The minimum atomic E-state index is -3.38. The fourth-order valence-corrected chi connectivity index (χ4v) is 3.46. The normalized spacial score (nSPS) is 11.6. The SMILES string of the molecule is CNS(=O)(=O)Cc1ccccc1CNC(=O)Cc1noc2ccccc12. The van der Waals surface area contributed by atoms with Gasteiger partial charge in [-0.25, -0.2) is 13.1 Å². The van der Waals surface area contributed by atoms with Gasteiger partial charge in [0.2, 0.25) is 15.9 Å². The van der Waals surface area contributed by atoms with Crippen molar-refractivity contribution in [1.82, 2.24) is 15.2 Å². The van der Waals surface area contributed by atoms with Crippen LogP contribution in [-0.2, 0) is 33.5 Å². The zero-order chi connectivity index (χ0) is 18.6. The van der Waals surface area contributed by atoms with Crippen LogP contribution in [0.4, 0.5) is 0 Å². The highest BCUT2D eigenvalue weighted by Gasteiger charge is 2.14. The molecule has 0 bridgehead atoms. The fourth-order valence-electron chi connectivity index (χ4n) is 2.62. The van der Waals surface area contributed by atoms with Crippen molar-refractivity contribution >= 4 is 26.9 Å². The van der Waals surface area contributed by atoms with Crippen LogP contribution in [-0.4, -0.2) is 26.5 Å². The summed E-state index contributed by atoms with van der Waals surface area (Å²) in [4.78, 5) is 12.3. The molecule has 0 saturated heterocycles. The predicted molar refractivity (Wildman–Crippen MR) is 97.7 cm³/mol. The van der Waals surface area contributed by atoms with Gasteiger partial charge in [0.25, 0.3) is 0 Å². The number of hydrogen-bond acceptors (Lipinski definition) is 5. The highest BCUT2D eigenvalue weighted by Crippen LogP contribution is 2.18. The van der Waals surface area contributed by atoms with Crippen molar-refractivity contribution in [1.29, 1.82) is 0 Å². The second-order valence-electron chi connectivity index (χ2n) is 5.81. The van der Waals surface area contributed by atoms with Crippen molar-refractivity contribution in [2.45, 2.75) is 18.7 Å². The number of fused-ring (bicyclic) bond motifs is 1. The minimum Gasteiger partial charge on any atom is -0.356 e. The van der Waals surface area contributed by atoms with Crippen molar-refractivity contribution in [2.75, 3.05) is 7.05 Å². The van der Waals surface area contributed by atoms with Crippen LogP contribution >= 0.6 is 0 Å². The Kier molecular flexibility index (Phi) is 5.34. The van der Waals surface area contributed by atoms with E-state index in [1.54, 1.807) is 24.3 Å². The molecule has 0 atom stereocenters. The molecule has 0 radical (unpaired) electrons. The lowest BCUT2D eigenvalue weighted by atomic mass is 10.1. The summed E-state index contributed by atoms with van der Waals surface area (Å²) in [7, 11) is -2.01. The molecule has 3 aromatic rings. The van der Waals surface area contributed by atoms with E-state index in [1.807, 2.05) is 24.3 Å². The van der Waals surface area contributed by atoms with Crippen LogP contribution in [0, 0.1) is 0 Å². The highest BCUT2D eigenvalue weighted by atomic mass is 32.2. The largest absolute Gasteiger partial charge is 0.356 e. The van der Waals surface area contributed by atoms with E-state index in [-0.39, 0.29) is 24.6 Å². The van der Waals surface area contributed by atoms with Crippen LogP contribution in [0.1, 0.15) is 16.8 Å². The molecule has 7 nitrogen and oxygen atoms in total. The number of para-hydroxylation sites is 1. The Morgan fingerprint density at radius 3 is 2.54 bits per heavy atom. The van der Waals surface area contributed by atoms with Crippen LogP contribution in [0.3, 0.4) is 0 Å². The van der Waals surface area contributed by atoms with Crippen molar-refractivity contribution in [3.05, 3.63) is 65.4 Å². The van der Waals surface area contributed by atoms with Crippen LogP contribution in [0.25, 0.3) is 11.0 Å². The lowest BCUT2D eigenvalue weighted by molar-refractivity contribution is -0.120. The standard InChI is InChI=1S/C18H19N3O4S/c1-19-26(23,24)12-14-7-3-2-6-13(14)11-20-18(22)10-16-15-8-4-5-9-17(15)25-21-16/h2-9,19H,10-12H2,1H3,(H,20,22). The number of amides is 1. The molecule has 136 valence electrons. The maximum absolute atomic E-state index is 12.3. The van der Waals surface area contributed by atoms with E-state index in [4.69, 9.17) is 4.52 Å². The summed E-state index contributed by atoms with van der Waals surface area (Å²) in [6.07, 6.45) is 0.0913. The summed E-state index contributed by atoms with van der Waals surface area (Å²) < 4.78 is 31.0. The second-order valence-corrected chi connectivity index (χ2v) is 7.74. The topological polar surface area (TPSA) is 101 Å². The summed E-state index contributed by atoms with van der Waals surface area (Å²) in [5.41, 5.74) is 2.61. The summed E-state index contributed by atoms with van der Waals surface area (Å²) >= 11 is 0. The van der Waals surface area contributed by atoms with Gasteiger partial charge in [-0.2, -0.15) is 0 Å². The average Bonchev–Trinajstić information content (AvgIpc) is 3.04. The van der Waals surface area contributed by atoms with E-state index >= 15 is 0 Å². The summed E-state index contributed by atoms with van der Waals surface area (Å²) in [5, 5.41) is 7.56. The number of hydrogen-bond donors (Lipinski definition) is 2. The van der Waals surface area contributed by atoms with Crippen LogP contribution in [0.15, 0.2) is 53.1 Å². The number of sulfonamides is 1. The van der Waals surface area contributed by atoms with Gasteiger partial charge in [-0.05, 0) is 30.3 Å². The van der Waals surface area contributed by atoms with Gasteiger partial charge in [0.1, 0.15) is 5.69 Å². The summed E-state index contributed by atoms with van der Waals surface area (Å²) in [6, 6.07) is 14.5. The summed E-state index contributed by atoms with van der Waals surface area (Å²) in [5.74, 6) is -0.348. The maximum Gasteiger partial charge on any atom is 0.226 e. The van der Waals surface area contributed by atoms with Gasteiger partial charge in [-0.3, -0.25) is 4.79 Å². The van der Waals surface area contributed by atoms with Crippen molar-refractivity contribution in [2.24, 2.45) is 0 Å². The van der Waals surface area contributed by atoms with Crippen LogP contribution < -0.4 is 10.0 Å². The molecule has 0 fully saturated rings. The highest BCUT2D eigenvalue weighted by molar-refractivity contribution is 7.88. The molecule has 2 N–H and O–H groups in total. The Morgan fingerprint density at radius 2 is 1.77 bits per heavy atom. The van der Waals surface area contributed by atoms with Gasteiger partial charge in [-0.15, -0.1) is 0 Å². The molecule has 1 heterocycles. The molecule has 2 aromatic carbocycles. The molecule has 0 spiro atoms. The van der Waals surface area contributed by atoms with Gasteiger partial charge in [0.05, 0.1) is 12.2 Å². The van der Waals surface area contributed by atoms with E-state index in [0.29, 0.717) is 16.8 Å². The molecule has 0 saturated carbocycles. The van der Waals surface area contributed by atoms with Gasteiger partial charge in [-0.1, -0.05) is 41.6 Å². The van der Waals surface area contributed by atoms with E-state index in [9.17, 15) is 13.2 Å². The van der Waals surface area contributed by atoms with Crippen molar-refractivity contribution in [3.63, 3.8) is 0 Å². The Hall–Kier alpha value is -2.71. The van der Waals surface area contributed by atoms with Gasteiger partial charge >= 0.3 is 0 Å². The lowest BCUT2D eigenvalue weighted by Crippen LogP contribution is -2.26. The van der Waals surface area contributed by atoms with Crippen LogP contribution in [0.2, 0.25) is 0 Å². The molecular weight excluding hydrogens is 354 g/mol.